The van der Waals surface area contributed by atoms with Crippen LogP contribution in [0.3, 0.4) is 0 Å². The lowest BCUT2D eigenvalue weighted by Crippen LogP contribution is -2.27. The highest BCUT2D eigenvalue weighted by atomic mass is 16.5. The van der Waals surface area contributed by atoms with Gasteiger partial charge < -0.3 is 10.5 Å². The smallest absolute Gasteiger partial charge is 0.311 e. The average molecular weight is 364 g/mol. The zero-order valence-corrected chi connectivity index (χ0v) is 15.7. The molecule has 0 radical (unpaired) electrons. The Morgan fingerprint density at radius 1 is 0.963 bits per heavy atom. The average Bonchev–Trinajstić information content (AvgIpc) is 2.69. The van der Waals surface area contributed by atoms with Crippen molar-refractivity contribution in [2.45, 2.75) is 44.9 Å². The van der Waals surface area contributed by atoms with E-state index in [0.717, 1.165) is 38.5 Å². The Morgan fingerprint density at radius 3 is 2.22 bits per heavy atom. The van der Waals surface area contributed by atoms with Crippen LogP contribution < -0.4 is 10.5 Å². The van der Waals surface area contributed by atoms with Gasteiger partial charge in [0.25, 0.3) is 0 Å². The van der Waals surface area contributed by atoms with Crippen LogP contribution >= 0.6 is 0 Å². The molecular formula is C23H28N2O2. The number of hydrogen-bond donors (Lipinski definition) is 2. The predicted molar refractivity (Wildman–Crippen MR) is 108 cm³/mol. The van der Waals surface area contributed by atoms with Crippen molar-refractivity contribution in [1.29, 1.82) is 5.41 Å². The Morgan fingerprint density at radius 2 is 1.59 bits per heavy atom. The molecule has 3 rings (SSSR count). The predicted octanol–water partition coefficient (Wildman–Crippen LogP) is 4.71. The number of esters is 1. The summed E-state index contributed by atoms with van der Waals surface area (Å²) in [6.07, 6.45) is 6.21. The van der Waals surface area contributed by atoms with Crippen LogP contribution in [0.1, 0.15) is 49.7 Å². The SMILES string of the molecule is N=C(N)C1CCC(CCC(=O)Oc2ccc(Cc3ccccc3)cc2)CC1. The number of carbonyl (C=O) groups is 1. The Kier molecular flexibility index (Phi) is 6.64. The van der Waals surface area contributed by atoms with Crippen molar-refractivity contribution in [2.75, 3.05) is 0 Å². The van der Waals surface area contributed by atoms with Gasteiger partial charge in [0.15, 0.2) is 0 Å². The summed E-state index contributed by atoms with van der Waals surface area (Å²) in [5, 5.41) is 7.53. The van der Waals surface area contributed by atoms with Crippen LogP contribution in [0.15, 0.2) is 54.6 Å². The quantitative estimate of drug-likeness (QED) is 0.323. The van der Waals surface area contributed by atoms with E-state index in [-0.39, 0.29) is 11.9 Å². The first-order chi connectivity index (χ1) is 13.1. The molecule has 4 heteroatoms. The van der Waals surface area contributed by atoms with E-state index in [2.05, 4.69) is 12.1 Å². The highest BCUT2D eigenvalue weighted by molar-refractivity contribution is 5.79. The number of hydrogen-bond acceptors (Lipinski definition) is 3. The maximum atomic E-state index is 12.1. The molecule has 0 unspecified atom stereocenters. The van der Waals surface area contributed by atoms with Crippen molar-refractivity contribution in [2.24, 2.45) is 17.6 Å². The third-order valence-corrected chi connectivity index (χ3v) is 5.45. The minimum absolute atomic E-state index is 0.167. The van der Waals surface area contributed by atoms with Gasteiger partial charge >= 0.3 is 5.97 Å². The van der Waals surface area contributed by atoms with E-state index >= 15 is 0 Å². The molecule has 142 valence electrons. The zero-order chi connectivity index (χ0) is 19.1. The van der Waals surface area contributed by atoms with Crippen LogP contribution in [0.4, 0.5) is 0 Å². The fraction of sp³-hybridized carbons (Fsp3) is 0.391. The van der Waals surface area contributed by atoms with Crippen LogP contribution in [-0.4, -0.2) is 11.8 Å². The second-order valence-electron chi connectivity index (χ2n) is 7.49. The minimum Gasteiger partial charge on any atom is -0.427 e. The van der Waals surface area contributed by atoms with E-state index in [0.29, 0.717) is 23.9 Å². The van der Waals surface area contributed by atoms with Crippen molar-refractivity contribution < 1.29 is 9.53 Å². The molecule has 2 aromatic carbocycles. The van der Waals surface area contributed by atoms with Gasteiger partial charge in [0.05, 0.1) is 5.84 Å². The Bertz CT molecular complexity index is 748. The van der Waals surface area contributed by atoms with Gasteiger partial charge in [-0.05, 0) is 67.7 Å². The first-order valence-electron chi connectivity index (χ1n) is 9.77. The first kappa shape index (κ1) is 19.2. The van der Waals surface area contributed by atoms with Crippen LogP contribution in [0, 0.1) is 17.2 Å². The fourth-order valence-electron chi connectivity index (χ4n) is 3.77. The van der Waals surface area contributed by atoms with Crippen molar-refractivity contribution in [3.05, 3.63) is 65.7 Å². The topological polar surface area (TPSA) is 76.2 Å². The summed E-state index contributed by atoms with van der Waals surface area (Å²) in [5.41, 5.74) is 8.05. The highest BCUT2D eigenvalue weighted by Gasteiger charge is 2.23. The number of ether oxygens (including phenoxy) is 1. The standard InChI is InChI=1S/C23H28N2O2/c24-23(25)20-11-6-17(7-12-20)10-15-22(26)27-21-13-8-19(9-14-21)16-18-4-2-1-3-5-18/h1-5,8-9,13-14,17,20H,6-7,10-12,15-16H2,(H3,24,25). The van der Waals surface area contributed by atoms with Gasteiger partial charge in [-0.3, -0.25) is 10.2 Å². The second-order valence-corrected chi connectivity index (χ2v) is 7.49. The van der Waals surface area contributed by atoms with Crippen molar-refractivity contribution >= 4 is 11.8 Å². The van der Waals surface area contributed by atoms with Gasteiger partial charge in [-0.25, -0.2) is 0 Å². The van der Waals surface area contributed by atoms with Crippen LogP contribution in [-0.2, 0) is 11.2 Å². The lowest BCUT2D eigenvalue weighted by molar-refractivity contribution is -0.134. The molecule has 3 N–H and O–H groups in total. The fourth-order valence-corrected chi connectivity index (χ4v) is 3.77. The maximum Gasteiger partial charge on any atom is 0.311 e. The maximum absolute atomic E-state index is 12.1. The number of rotatable bonds is 7. The van der Waals surface area contributed by atoms with Gasteiger partial charge in [0, 0.05) is 12.3 Å². The Hall–Kier alpha value is -2.62. The Labute approximate surface area is 161 Å². The molecule has 1 aliphatic rings. The summed E-state index contributed by atoms with van der Waals surface area (Å²) in [7, 11) is 0. The van der Waals surface area contributed by atoms with E-state index in [1.54, 1.807) is 0 Å². The molecule has 27 heavy (non-hydrogen) atoms. The lowest BCUT2D eigenvalue weighted by atomic mass is 9.79. The monoisotopic (exact) mass is 364 g/mol. The first-order valence-corrected chi connectivity index (χ1v) is 9.77. The van der Waals surface area contributed by atoms with Gasteiger partial charge in [0.1, 0.15) is 5.75 Å². The van der Waals surface area contributed by atoms with Crippen LogP contribution in [0.5, 0.6) is 5.75 Å². The number of nitrogens with two attached hydrogens (primary N) is 1. The summed E-state index contributed by atoms with van der Waals surface area (Å²) < 4.78 is 5.48. The lowest BCUT2D eigenvalue weighted by Gasteiger charge is -2.27. The molecule has 0 heterocycles. The number of benzene rings is 2. The normalized spacial score (nSPS) is 19.4. The van der Waals surface area contributed by atoms with E-state index < -0.39 is 0 Å². The van der Waals surface area contributed by atoms with Crippen molar-refractivity contribution in [3.8, 4) is 5.75 Å². The number of nitrogens with one attached hydrogen (secondary N) is 1. The molecule has 4 nitrogen and oxygen atoms in total. The Balaban J connectivity index is 1.41. The molecule has 1 aliphatic carbocycles. The number of amidine groups is 1. The summed E-state index contributed by atoms with van der Waals surface area (Å²) in [6, 6.07) is 18.1. The van der Waals surface area contributed by atoms with E-state index in [9.17, 15) is 4.79 Å². The largest absolute Gasteiger partial charge is 0.427 e. The van der Waals surface area contributed by atoms with Crippen molar-refractivity contribution in [1.82, 2.24) is 0 Å². The molecule has 0 saturated heterocycles. The van der Waals surface area contributed by atoms with E-state index in [1.165, 1.54) is 11.1 Å². The van der Waals surface area contributed by atoms with Gasteiger partial charge in [-0.1, -0.05) is 42.5 Å². The van der Waals surface area contributed by atoms with E-state index in [1.807, 2.05) is 42.5 Å². The highest BCUT2D eigenvalue weighted by Crippen LogP contribution is 2.31. The van der Waals surface area contributed by atoms with Crippen molar-refractivity contribution in [3.63, 3.8) is 0 Å². The molecule has 1 saturated carbocycles. The molecule has 0 amide bonds. The summed E-state index contributed by atoms with van der Waals surface area (Å²) in [6.45, 7) is 0. The molecular weight excluding hydrogens is 336 g/mol. The van der Waals surface area contributed by atoms with Gasteiger partial charge in [0.2, 0.25) is 0 Å². The molecule has 1 fully saturated rings. The second kappa shape index (κ2) is 9.36. The van der Waals surface area contributed by atoms with Crippen LogP contribution in [0.25, 0.3) is 0 Å². The zero-order valence-electron chi connectivity index (χ0n) is 15.7. The molecule has 0 aliphatic heterocycles. The third-order valence-electron chi connectivity index (χ3n) is 5.45. The molecule has 0 spiro atoms. The molecule has 0 aromatic heterocycles. The molecule has 0 bridgehead atoms. The van der Waals surface area contributed by atoms with Gasteiger partial charge in [-0.2, -0.15) is 0 Å². The summed E-state index contributed by atoms with van der Waals surface area (Å²) >= 11 is 0. The van der Waals surface area contributed by atoms with E-state index in [4.69, 9.17) is 15.9 Å². The number of carbonyl (C=O) groups excluding carboxylic acids is 1. The summed E-state index contributed by atoms with van der Waals surface area (Å²) in [4.78, 5) is 12.1. The molecule has 0 atom stereocenters. The van der Waals surface area contributed by atoms with Gasteiger partial charge in [-0.15, -0.1) is 0 Å². The van der Waals surface area contributed by atoms with Crippen LogP contribution in [0.2, 0.25) is 0 Å². The third kappa shape index (κ3) is 5.95. The minimum atomic E-state index is -0.167. The summed E-state index contributed by atoms with van der Waals surface area (Å²) in [5.74, 6) is 1.53. The molecule has 2 aromatic rings.